The molecule has 0 atom stereocenters. The lowest BCUT2D eigenvalue weighted by Crippen LogP contribution is -2.19. The van der Waals surface area contributed by atoms with Crippen LogP contribution in [0.3, 0.4) is 0 Å². The summed E-state index contributed by atoms with van der Waals surface area (Å²) < 4.78 is 77.5. The molecule has 10 heteroatoms. The molecule has 0 bridgehead atoms. The quantitative estimate of drug-likeness (QED) is 0.647. The fourth-order valence-electron chi connectivity index (χ4n) is 1.44. The van der Waals surface area contributed by atoms with E-state index in [4.69, 9.17) is 5.11 Å². The molecule has 0 amide bonds. The van der Waals surface area contributed by atoms with E-state index >= 15 is 0 Å². The third kappa shape index (κ3) is 6.61. The maximum absolute atomic E-state index is 12.3. The van der Waals surface area contributed by atoms with Gasteiger partial charge in [0.2, 0.25) is 0 Å². The van der Waals surface area contributed by atoms with Gasteiger partial charge in [-0.15, -0.1) is 13.2 Å². The maximum Gasteiger partial charge on any atom is 0.573 e. The fourth-order valence-corrected chi connectivity index (χ4v) is 2.10. The Morgan fingerprint density at radius 3 is 2.29 bits per heavy atom. The van der Waals surface area contributed by atoms with E-state index in [9.17, 15) is 31.1 Å². The second kappa shape index (κ2) is 6.46. The monoisotopic (exact) mass is 334 g/mol. The van der Waals surface area contributed by atoms with Crippen LogP contribution in [0, 0.1) is 0 Å². The van der Waals surface area contributed by atoms with Crippen molar-refractivity contribution in [2.75, 3.05) is 0 Å². The molecule has 0 aliphatic heterocycles. The van der Waals surface area contributed by atoms with Crippen LogP contribution in [0.5, 0.6) is 5.75 Å². The highest BCUT2D eigenvalue weighted by Gasteiger charge is 2.36. The molecule has 0 unspecified atom stereocenters. The second-order valence-corrected chi connectivity index (χ2v) is 4.84. The normalized spacial score (nSPS) is 12.3. The van der Waals surface area contributed by atoms with Gasteiger partial charge in [0.25, 0.3) is 0 Å². The standard InChI is InChI=1S/C11H8F6O3S/c12-10(13,14)20-9-6(4-5-8(18)19)2-1-3-7(9)21-11(15,16)17/h1-3H,4-5H2,(H,18,19). The summed E-state index contributed by atoms with van der Waals surface area (Å²) in [5.41, 5.74) is -5.06. The molecule has 0 saturated heterocycles. The van der Waals surface area contributed by atoms with E-state index in [-0.39, 0.29) is 12.0 Å². The van der Waals surface area contributed by atoms with E-state index in [1.165, 1.54) is 0 Å². The van der Waals surface area contributed by atoms with E-state index < -0.39 is 46.7 Å². The maximum atomic E-state index is 12.3. The van der Waals surface area contributed by atoms with Crippen molar-refractivity contribution < 1.29 is 41.0 Å². The van der Waals surface area contributed by atoms with Crippen LogP contribution in [0.25, 0.3) is 0 Å². The highest BCUT2D eigenvalue weighted by molar-refractivity contribution is 8.00. The van der Waals surface area contributed by atoms with Gasteiger partial charge in [0.1, 0.15) is 5.75 Å². The number of aryl methyl sites for hydroxylation is 1. The van der Waals surface area contributed by atoms with Crippen LogP contribution in [-0.4, -0.2) is 22.9 Å². The van der Waals surface area contributed by atoms with Crippen LogP contribution < -0.4 is 4.74 Å². The Bertz CT molecular complexity index is 512. The largest absolute Gasteiger partial charge is 0.573 e. The first-order valence-electron chi connectivity index (χ1n) is 5.33. The predicted molar refractivity (Wildman–Crippen MR) is 61.0 cm³/mol. The molecule has 0 heterocycles. The van der Waals surface area contributed by atoms with Crippen molar-refractivity contribution in [3.63, 3.8) is 0 Å². The number of carboxylic acids is 1. The number of halogens is 6. The summed E-state index contributed by atoms with van der Waals surface area (Å²) in [5, 5.41) is 8.51. The summed E-state index contributed by atoms with van der Waals surface area (Å²) in [6.45, 7) is 0. The fraction of sp³-hybridized carbons (Fsp3) is 0.364. The summed E-state index contributed by atoms with van der Waals surface area (Å²) in [7, 11) is 0. The number of alkyl halides is 6. The lowest BCUT2D eigenvalue weighted by atomic mass is 10.1. The van der Waals surface area contributed by atoms with Crippen molar-refractivity contribution in [2.24, 2.45) is 0 Å². The number of carboxylic acid groups (broad SMARTS) is 1. The lowest BCUT2D eigenvalue weighted by molar-refractivity contribution is -0.275. The van der Waals surface area contributed by atoms with Crippen molar-refractivity contribution in [3.05, 3.63) is 23.8 Å². The number of para-hydroxylation sites is 1. The molecule has 3 nitrogen and oxygen atoms in total. The average Bonchev–Trinajstić information content (AvgIpc) is 2.25. The van der Waals surface area contributed by atoms with Crippen molar-refractivity contribution in [1.82, 2.24) is 0 Å². The molecule has 0 radical (unpaired) electrons. The van der Waals surface area contributed by atoms with Gasteiger partial charge < -0.3 is 9.84 Å². The molecule has 118 valence electrons. The molecule has 0 aliphatic rings. The minimum atomic E-state index is -5.18. The number of thioether (sulfide) groups is 1. The predicted octanol–water partition coefficient (Wildman–Crippen LogP) is 4.21. The number of carbonyl (C=O) groups is 1. The van der Waals surface area contributed by atoms with Crippen LogP contribution in [0.1, 0.15) is 12.0 Å². The molecule has 0 spiro atoms. The zero-order valence-electron chi connectivity index (χ0n) is 10.1. The minimum Gasteiger partial charge on any atom is -0.481 e. The number of hydrogen-bond acceptors (Lipinski definition) is 3. The van der Waals surface area contributed by atoms with Gasteiger partial charge in [-0.05, 0) is 29.8 Å². The van der Waals surface area contributed by atoms with Crippen LogP contribution in [0.4, 0.5) is 26.3 Å². The van der Waals surface area contributed by atoms with Crippen LogP contribution in [0.15, 0.2) is 23.1 Å². The van der Waals surface area contributed by atoms with E-state index in [1.54, 1.807) is 0 Å². The van der Waals surface area contributed by atoms with Crippen LogP contribution in [-0.2, 0) is 11.2 Å². The van der Waals surface area contributed by atoms with Crippen molar-refractivity contribution in [3.8, 4) is 5.75 Å². The van der Waals surface area contributed by atoms with Crippen molar-refractivity contribution >= 4 is 17.7 Å². The van der Waals surface area contributed by atoms with E-state index in [2.05, 4.69) is 4.74 Å². The van der Waals surface area contributed by atoms with Gasteiger partial charge in [0.15, 0.2) is 0 Å². The second-order valence-electron chi connectivity index (χ2n) is 3.73. The molecule has 0 fully saturated rings. The summed E-state index contributed by atoms with van der Waals surface area (Å²) in [6, 6.07) is 3.02. The Balaban J connectivity index is 3.17. The summed E-state index contributed by atoms with van der Waals surface area (Å²) >= 11 is -0.756. The molecular weight excluding hydrogens is 326 g/mol. The molecule has 0 aromatic heterocycles. The van der Waals surface area contributed by atoms with Gasteiger partial charge in [0.05, 0.1) is 4.90 Å². The summed E-state index contributed by atoms with van der Waals surface area (Å²) in [6.07, 6.45) is -6.10. The first kappa shape index (κ1) is 17.5. The highest BCUT2D eigenvalue weighted by Crippen LogP contribution is 2.44. The molecule has 1 rings (SSSR count). The minimum absolute atomic E-state index is 0.260. The Labute approximate surface area is 118 Å². The zero-order valence-corrected chi connectivity index (χ0v) is 10.9. The van der Waals surface area contributed by atoms with E-state index in [0.717, 1.165) is 18.2 Å². The van der Waals surface area contributed by atoms with E-state index in [1.807, 2.05) is 0 Å². The Hall–Kier alpha value is -1.58. The van der Waals surface area contributed by atoms with Gasteiger partial charge >= 0.3 is 17.8 Å². The Morgan fingerprint density at radius 2 is 1.81 bits per heavy atom. The Kier molecular flexibility index (Phi) is 5.37. The number of hydrogen-bond donors (Lipinski definition) is 1. The number of benzene rings is 1. The smallest absolute Gasteiger partial charge is 0.481 e. The topological polar surface area (TPSA) is 46.5 Å². The van der Waals surface area contributed by atoms with Gasteiger partial charge in [-0.3, -0.25) is 4.79 Å². The molecule has 21 heavy (non-hydrogen) atoms. The van der Waals surface area contributed by atoms with Crippen LogP contribution in [0.2, 0.25) is 0 Å². The summed E-state index contributed by atoms with van der Waals surface area (Å²) in [4.78, 5) is 9.66. The van der Waals surface area contributed by atoms with Gasteiger partial charge in [0, 0.05) is 6.42 Å². The SMILES string of the molecule is O=C(O)CCc1cccc(SC(F)(F)F)c1OC(F)(F)F. The van der Waals surface area contributed by atoms with Crippen molar-refractivity contribution in [2.45, 2.75) is 29.6 Å². The average molecular weight is 334 g/mol. The lowest BCUT2D eigenvalue weighted by Gasteiger charge is -2.17. The number of aliphatic carboxylic acids is 1. The molecule has 1 aromatic carbocycles. The number of ether oxygens (including phenoxy) is 1. The first-order chi connectivity index (χ1) is 9.48. The van der Waals surface area contributed by atoms with Gasteiger partial charge in [-0.2, -0.15) is 13.2 Å². The Morgan fingerprint density at radius 1 is 1.19 bits per heavy atom. The molecule has 0 aliphatic carbocycles. The number of rotatable bonds is 5. The van der Waals surface area contributed by atoms with Gasteiger partial charge in [-0.1, -0.05) is 12.1 Å². The molecule has 1 aromatic rings. The van der Waals surface area contributed by atoms with E-state index in [0.29, 0.717) is 0 Å². The van der Waals surface area contributed by atoms with Gasteiger partial charge in [-0.25, -0.2) is 0 Å². The summed E-state index contributed by atoms with van der Waals surface area (Å²) in [5.74, 6) is -2.31. The zero-order chi connectivity index (χ0) is 16.3. The third-order valence-corrected chi connectivity index (χ3v) is 2.88. The molecule has 1 N–H and O–H groups in total. The highest BCUT2D eigenvalue weighted by atomic mass is 32.2. The third-order valence-electron chi connectivity index (χ3n) is 2.11. The first-order valence-corrected chi connectivity index (χ1v) is 6.15. The van der Waals surface area contributed by atoms with Crippen LogP contribution >= 0.6 is 11.8 Å². The molecular formula is C11H8F6O3S. The van der Waals surface area contributed by atoms with Crippen molar-refractivity contribution in [1.29, 1.82) is 0 Å². The molecule has 0 saturated carbocycles.